The zero-order valence-corrected chi connectivity index (χ0v) is 10.9. The van der Waals surface area contributed by atoms with Crippen LogP contribution in [-0.2, 0) is 4.84 Å². The van der Waals surface area contributed by atoms with E-state index in [4.69, 9.17) is 4.84 Å². The molecule has 1 aromatic carbocycles. The van der Waals surface area contributed by atoms with Crippen LogP contribution < -0.4 is 10.6 Å². The quantitative estimate of drug-likeness (QED) is 0.881. The molecule has 1 atom stereocenters. The first kappa shape index (κ1) is 13.3. The van der Waals surface area contributed by atoms with Crippen LogP contribution in [0.25, 0.3) is 0 Å². The van der Waals surface area contributed by atoms with E-state index in [0.717, 1.165) is 5.71 Å². The van der Waals surface area contributed by atoms with Gasteiger partial charge in [0.1, 0.15) is 11.9 Å². The lowest BCUT2D eigenvalue weighted by Gasteiger charge is -2.11. The first-order valence-corrected chi connectivity index (χ1v) is 6.05. The van der Waals surface area contributed by atoms with Gasteiger partial charge in [-0.3, -0.25) is 0 Å². The van der Waals surface area contributed by atoms with Crippen molar-refractivity contribution in [2.24, 2.45) is 5.16 Å². The van der Waals surface area contributed by atoms with Gasteiger partial charge >= 0.3 is 6.03 Å². The van der Waals surface area contributed by atoms with Crippen LogP contribution in [0.5, 0.6) is 0 Å². The van der Waals surface area contributed by atoms with Gasteiger partial charge < -0.3 is 15.5 Å². The van der Waals surface area contributed by atoms with Gasteiger partial charge in [-0.1, -0.05) is 11.2 Å². The number of carbonyl (C=O) groups excluding carboxylic acids is 1. The largest absolute Gasteiger partial charge is 0.390 e. The zero-order chi connectivity index (χ0) is 13.8. The minimum Gasteiger partial charge on any atom is -0.390 e. The Balaban J connectivity index is 1.79. The third-order valence-electron chi connectivity index (χ3n) is 2.80. The third-order valence-corrected chi connectivity index (χ3v) is 2.80. The Morgan fingerprint density at radius 2 is 2.32 bits per heavy atom. The van der Waals surface area contributed by atoms with E-state index in [9.17, 15) is 9.18 Å². The predicted molar refractivity (Wildman–Crippen MR) is 70.8 cm³/mol. The van der Waals surface area contributed by atoms with Gasteiger partial charge in [-0.15, -0.1) is 0 Å². The number of hydrogen-bond donors (Lipinski definition) is 2. The number of urea groups is 1. The molecule has 1 heterocycles. The maximum atomic E-state index is 13.3. The molecule has 0 saturated heterocycles. The molecule has 0 saturated carbocycles. The van der Waals surface area contributed by atoms with Gasteiger partial charge in [-0.25, -0.2) is 9.18 Å². The number of oxime groups is 1. The van der Waals surface area contributed by atoms with Crippen molar-refractivity contribution in [1.82, 2.24) is 5.32 Å². The minimum absolute atomic E-state index is 0.125. The summed E-state index contributed by atoms with van der Waals surface area (Å²) in [5, 5.41) is 9.02. The number of nitrogens with zero attached hydrogens (tertiary/aromatic N) is 1. The average molecular weight is 265 g/mol. The number of halogens is 1. The van der Waals surface area contributed by atoms with Gasteiger partial charge in [0, 0.05) is 12.1 Å². The standard InChI is InChI=1S/C13H16FN3O2/c1-8-3-4-10(6-12(8)14)16-13(18)15-7-11-5-9(2)17-19-11/h3-4,6,11H,5,7H2,1-2H3,(H2,15,16,18)/t11-/m0/s1. The normalized spacial score (nSPS) is 17.6. The number of carbonyl (C=O) groups is 1. The molecule has 1 aliphatic heterocycles. The predicted octanol–water partition coefficient (Wildman–Crippen LogP) is 2.42. The summed E-state index contributed by atoms with van der Waals surface area (Å²) in [5.74, 6) is -0.346. The highest BCUT2D eigenvalue weighted by molar-refractivity contribution is 5.89. The Kier molecular flexibility index (Phi) is 3.99. The van der Waals surface area contributed by atoms with Crippen LogP contribution in [0.4, 0.5) is 14.9 Å². The second-order valence-corrected chi connectivity index (χ2v) is 4.56. The van der Waals surface area contributed by atoms with Crippen LogP contribution in [0, 0.1) is 12.7 Å². The smallest absolute Gasteiger partial charge is 0.319 e. The van der Waals surface area contributed by atoms with Crippen molar-refractivity contribution in [2.45, 2.75) is 26.4 Å². The minimum atomic E-state index is -0.392. The molecule has 102 valence electrons. The van der Waals surface area contributed by atoms with Crippen molar-refractivity contribution in [1.29, 1.82) is 0 Å². The van der Waals surface area contributed by atoms with Crippen LogP contribution in [-0.4, -0.2) is 24.4 Å². The highest BCUT2D eigenvalue weighted by Gasteiger charge is 2.18. The number of anilines is 1. The summed E-state index contributed by atoms with van der Waals surface area (Å²) in [6.45, 7) is 3.90. The highest BCUT2D eigenvalue weighted by Crippen LogP contribution is 2.13. The van der Waals surface area contributed by atoms with Gasteiger partial charge in [0.25, 0.3) is 0 Å². The maximum Gasteiger partial charge on any atom is 0.319 e. The van der Waals surface area contributed by atoms with Gasteiger partial charge in [-0.2, -0.15) is 0 Å². The molecule has 2 amide bonds. The second-order valence-electron chi connectivity index (χ2n) is 4.56. The van der Waals surface area contributed by atoms with E-state index < -0.39 is 6.03 Å². The molecule has 1 aromatic rings. The van der Waals surface area contributed by atoms with Gasteiger partial charge in [-0.05, 0) is 31.5 Å². The third kappa shape index (κ3) is 3.67. The van der Waals surface area contributed by atoms with Crippen LogP contribution >= 0.6 is 0 Å². The van der Waals surface area contributed by atoms with Gasteiger partial charge in [0.2, 0.25) is 0 Å². The van der Waals surface area contributed by atoms with E-state index >= 15 is 0 Å². The summed E-state index contributed by atoms with van der Waals surface area (Å²) in [6.07, 6.45) is 0.583. The van der Waals surface area contributed by atoms with E-state index in [1.165, 1.54) is 6.07 Å². The van der Waals surface area contributed by atoms with E-state index in [0.29, 0.717) is 24.2 Å². The molecule has 2 N–H and O–H groups in total. The number of amides is 2. The van der Waals surface area contributed by atoms with E-state index in [2.05, 4.69) is 15.8 Å². The van der Waals surface area contributed by atoms with Crippen LogP contribution in [0.1, 0.15) is 18.9 Å². The average Bonchev–Trinajstić information content (AvgIpc) is 2.77. The molecular formula is C13H16FN3O2. The molecule has 0 aliphatic carbocycles. The maximum absolute atomic E-state index is 13.3. The summed E-state index contributed by atoms with van der Waals surface area (Å²) >= 11 is 0. The van der Waals surface area contributed by atoms with Crippen LogP contribution in [0.2, 0.25) is 0 Å². The molecular weight excluding hydrogens is 249 g/mol. The molecule has 2 rings (SSSR count). The van der Waals surface area contributed by atoms with Crippen LogP contribution in [0.15, 0.2) is 23.4 Å². The van der Waals surface area contributed by atoms with Gasteiger partial charge in [0.15, 0.2) is 0 Å². The monoisotopic (exact) mass is 265 g/mol. The van der Waals surface area contributed by atoms with Crippen molar-refractivity contribution in [3.05, 3.63) is 29.6 Å². The second kappa shape index (κ2) is 5.69. The summed E-state index contributed by atoms with van der Waals surface area (Å²) in [6, 6.07) is 4.16. The van der Waals surface area contributed by atoms with Crippen molar-refractivity contribution in [3.8, 4) is 0 Å². The lowest BCUT2D eigenvalue weighted by atomic mass is 10.2. The Labute approximate surface area is 110 Å². The molecule has 6 heteroatoms. The molecule has 0 bridgehead atoms. The van der Waals surface area contributed by atoms with Crippen molar-refractivity contribution in [2.75, 3.05) is 11.9 Å². The van der Waals surface area contributed by atoms with Crippen molar-refractivity contribution in [3.63, 3.8) is 0 Å². The summed E-state index contributed by atoms with van der Waals surface area (Å²) in [7, 11) is 0. The number of hydrogen-bond acceptors (Lipinski definition) is 3. The molecule has 19 heavy (non-hydrogen) atoms. The topological polar surface area (TPSA) is 62.7 Å². The van der Waals surface area contributed by atoms with Crippen LogP contribution in [0.3, 0.4) is 0 Å². The summed E-state index contributed by atoms with van der Waals surface area (Å²) in [5.41, 5.74) is 1.87. The molecule has 0 spiro atoms. The number of nitrogens with one attached hydrogen (secondary N) is 2. The Bertz CT molecular complexity index is 517. The molecule has 0 radical (unpaired) electrons. The molecule has 5 nitrogen and oxygen atoms in total. The lowest BCUT2D eigenvalue weighted by molar-refractivity contribution is 0.0870. The summed E-state index contributed by atoms with van der Waals surface area (Å²) in [4.78, 5) is 16.7. The Hall–Kier alpha value is -2.11. The first-order valence-electron chi connectivity index (χ1n) is 6.05. The van der Waals surface area contributed by atoms with E-state index in [1.54, 1.807) is 19.1 Å². The van der Waals surface area contributed by atoms with E-state index in [1.807, 2.05) is 6.92 Å². The lowest BCUT2D eigenvalue weighted by Crippen LogP contribution is -2.35. The molecule has 1 aliphatic rings. The van der Waals surface area contributed by atoms with Gasteiger partial charge in [0.05, 0.1) is 12.3 Å². The molecule has 0 fully saturated rings. The van der Waals surface area contributed by atoms with Crippen molar-refractivity contribution >= 4 is 17.4 Å². The van der Waals surface area contributed by atoms with Crippen molar-refractivity contribution < 1.29 is 14.0 Å². The molecule has 0 aromatic heterocycles. The number of benzene rings is 1. The fourth-order valence-corrected chi connectivity index (χ4v) is 1.73. The fourth-order valence-electron chi connectivity index (χ4n) is 1.73. The summed E-state index contributed by atoms with van der Waals surface area (Å²) < 4.78 is 13.3. The fraction of sp³-hybridized carbons (Fsp3) is 0.385. The Morgan fingerprint density at radius 3 is 2.95 bits per heavy atom. The Morgan fingerprint density at radius 1 is 1.53 bits per heavy atom. The zero-order valence-electron chi connectivity index (χ0n) is 10.9. The number of rotatable bonds is 3. The SMILES string of the molecule is CC1=NO[C@H](CNC(=O)Nc2ccc(C)c(F)c2)C1. The van der Waals surface area contributed by atoms with E-state index in [-0.39, 0.29) is 11.9 Å². The molecule has 0 unspecified atom stereocenters. The highest BCUT2D eigenvalue weighted by atomic mass is 19.1. The number of aryl methyl sites for hydroxylation is 1. The first-order chi connectivity index (χ1) is 9.04.